The van der Waals surface area contributed by atoms with E-state index in [1.807, 2.05) is 0 Å². The normalized spacial score (nSPS) is 28.6. The van der Waals surface area contributed by atoms with Gasteiger partial charge >= 0.3 is 0 Å². The van der Waals surface area contributed by atoms with E-state index in [-0.39, 0.29) is 31.3 Å². The molecule has 2 fully saturated rings. The van der Waals surface area contributed by atoms with Crippen molar-refractivity contribution >= 4 is 5.91 Å². The summed E-state index contributed by atoms with van der Waals surface area (Å²) in [4.78, 5) is 14.0. The Morgan fingerprint density at radius 1 is 1.28 bits per heavy atom. The van der Waals surface area contributed by atoms with Gasteiger partial charge in [-0.05, 0) is 31.6 Å². The van der Waals surface area contributed by atoms with E-state index < -0.39 is 5.92 Å². The highest BCUT2D eigenvalue weighted by molar-refractivity contribution is 5.79. The van der Waals surface area contributed by atoms with Crippen LogP contribution in [0.25, 0.3) is 0 Å². The third kappa shape index (κ3) is 3.19. The Morgan fingerprint density at radius 3 is 2.56 bits per heavy atom. The highest BCUT2D eigenvalue weighted by Gasteiger charge is 2.39. The van der Waals surface area contributed by atoms with Crippen molar-refractivity contribution < 1.29 is 18.7 Å². The highest BCUT2D eigenvalue weighted by Crippen LogP contribution is 2.37. The summed E-state index contributed by atoms with van der Waals surface area (Å²) < 4.78 is 26.1. The van der Waals surface area contributed by atoms with E-state index in [1.165, 1.54) is 0 Å². The summed E-state index contributed by atoms with van der Waals surface area (Å²) in [6.07, 6.45) is 1.97. The molecular weight excluding hydrogens is 240 g/mol. The first-order chi connectivity index (χ1) is 8.52. The SMILES string of the molecule is O=C(C1CCC(F)(F)CC1)N1CCC(CCO)C1. The number of aliphatic hydroxyl groups excluding tert-OH is 1. The van der Waals surface area contributed by atoms with Gasteiger partial charge in [-0.15, -0.1) is 0 Å². The van der Waals surface area contributed by atoms with E-state index >= 15 is 0 Å². The second-order valence-electron chi connectivity index (χ2n) is 5.58. The molecule has 1 saturated heterocycles. The fourth-order valence-corrected chi connectivity index (χ4v) is 3.00. The zero-order valence-electron chi connectivity index (χ0n) is 10.6. The van der Waals surface area contributed by atoms with Crippen LogP contribution < -0.4 is 0 Å². The van der Waals surface area contributed by atoms with Crippen molar-refractivity contribution in [2.75, 3.05) is 19.7 Å². The van der Waals surface area contributed by atoms with Gasteiger partial charge in [-0.1, -0.05) is 0 Å². The van der Waals surface area contributed by atoms with Gasteiger partial charge in [0.15, 0.2) is 0 Å². The number of alkyl halides is 2. The highest BCUT2D eigenvalue weighted by atomic mass is 19.3. The number of amides is 1. The van der Waals surface area contributed by atoms with Gasteiger partial charge in [0.05, 0.1) is 0 Å². The number of carbonyl (C=O) groups is 1. The molecule has 18 heavy (non-hydrogen) atoms. The Balaban J connectivity index is 1.82. The lowest BCUT2D eigenvalue weighted by molar-refractivity contribution is -0.138. The molecule has 0 aromatic rings. The van der Waals surface area contributed by atoms with Gasteiger partial charge in [0.2, 0.25) is 11.8 Å². The molecule has 3 nitrogen and oxygen atoms in total. The predicted octanol–water partition coefficient (Wildman–Crippen LogP) is 2.04. The standard InChI is InChI=1S/C13H21F2NO2/c14-13(15)5-1-11(2-6-13)12(18)16-7-3-10(9-16)4-8-17/h10-11,17H,1-9H2. The summed E-state index contributed by atoms with van der Waals surface area (Å²) in [5, 5.41) is 8.87. The van der Waals surface area contributed by atoms with Crippen molar-refractivity contribution in [1.29, 1.82) is 0 Å². The molecule has 1 saturated carbocycles. The van der Waals surface area contributed by atoms with Gasteiger partial charge in [0, 0.05) is 38.5 Å². The van der Waals surface area contributed by atoms with E-state index in [0.717, 1.165) is 19.4 Å². The van der Waals surface area contributed by atoms with E-state index in [2.05, 4.69) is 0 Å². The van der Waals surface area contributed by atoms with Gasteiger partial charge in [-0.3, -0.25) is 4.79 Å². The van der Waals surface area contributed by atoms with Gasteiger partial charge in [0.1, 0.15) is 0 Å². The molecule has 1 aliphatic carbocycles. The maximum absolute atomic E-state index is 13.0. The summed E-state index contributed by atoms with van der Waals surface area (Å²) in [5.41, 5.74) is 0. The van der Waals surface area contributed by atoms with Crippen molar-refractivity contribution in [3.63, 3.8) is 0 Å². The maximum atomic E-state index is 13.0. The van der Waals surface area contributed by atoms with Crippen molar-refractivity contribution in [2.24, 2.45) is 11.8 Å². The Labute approximate surface area is 106 Å². The molecule has 104 valence electrons. The van der Waals surface area contributed by atoms with Crippen molar-refractivity contribution in [1.82, 2.24) is 4.90 Å². The summed E-state index contributed by atoms with van der Waals surface area (Å²) in [5.74, 6) is -2.35. The number of halogens is 2. The predicted molar refractivity (Wildman–Crippen MR) is 63.3 cm³/mol. The van der Waals surface area contributed by atoms with Crippen LogP contribution in [0.2, 0.25) is 0 Å². The smallest absolute Gasteiger partial charge is 0.248 e. The maximum Gasteiger partial charge on any atom is 0.248 e. The van der Waals surface area contributed by atoms with Crippen molar-refractivity contribution in [3.8, 4) is 0 Å². The van der Waals surface area contributed by atoms with E-state index in [0.29, 0.717) is 25.3 Å². The van der Waals surface area contributed by atoms with Gasteiger partial charge in [-0.25, -0.2) is 8.78 Å². The Hall–Kier alpha value is -0.710. The largest absolute Gasteiger partial charge is 0.396 e. The quantitative estimate of drug-likeness (QED) is 0.844. The minimum absolute atomic E-state index is 0.0472. The topological polar surface area (TPSA) is 40.5 Å². The molecule has 0 radical (unpaired) electrons. The van der Waals surface area contributed by atoms with E-state index in [9.17, 15) is 13.6 Å². The Morgan fingerprint density at radius 2 is 1.94 bits per heavy atom. The molecular formula is C13H21F2NO2. The molecule has 0 spiro atoms. The molecule has 1 amide bonds. The molecule has 1 heterocycles. The molecule has 1 atom stereocenters. The molecule has 5 heteroatoms. The third-order valence-corrected chi connectivity index (χ3v) is 4.20. The number of aliphatic hydroxyl groups is 1. The molecule has 1 unspecified atom stereocenters. The zero-order chi connectivity index (χ0) is 13.2. The van der Waals surface area contributed by atoms with Crippen LogP contribution in [0.4, 0.5) is 8.78 Å². The van der Waals surface area contributed by atoms with Gasteiger partial charge in [-0.2, -0.15) is 0 Å². The number of carbonyl (C=O) groups excluding carboxylic acids is 1. The molecule has 2 rings (SSSR count). The van der Waals surface area contributed by atoms with Crippen LogP contribution in [0.5, 0.6) is 0 Å². The van der Waals surface area contributed by atoms with Crippen molar-refractivity contribution in [3.05, 3.63) is 0 Å². The fraction of sp³-hybridized carbons (Fsp3) is 0.923. The average Bonchev–Trinajstić information content (AvgIpc) is 2.77. The minimum Gasteiger partial charge on any atom is -0.396 e. The Kier molecular flexibility index (Phi) is 4.20. The lowest BCUT2D eigenvalue weighted by atomic mass is 9.86. The van der Waals surface area contributed by atoms with E-state index in [1.54, 1.807) is 4.90 Å². The van der Waals surface area contributed by atoms with Crippen LogP contribution in [-0.2, 0) is 4.79 Å². The first-order valence-corrected chi connectivity index (χ1v) is 6.79. The molecule has 0 bridgehead atoms. The first kappa shape index (κ1) is 13.7. The summed E-state index contributed by atoms with van der Waals surface area (Å²) in [7, 11) is 0. The lowest BCUT2D eigenvalue weighted by Gasteiger charge is -2.30. The fourth-order valence-electron chi connectivity index (χ4n) is 3.00. The van der Waals surface area contributed by atoms with Gasteiger partial charge in [0.25, 0.3) is 0 Å². The average molecular weight is 261 g/mol. The van der Waals surface area contributed by atoms with Crippen LogP contribution >= 0.6 is 0 Å². The first-order valence-electron chi connectivity index (χ1n) is 6.79. The summed E-state index contributed by atoms with van der Waals surface area (Å²) >= 11 is 0. The zero-order valence-corrected chi connectivity index (χ0v) is 10.6. The number of hydrogen-bond donors (Lipinski definition) is 1. The van der Waals surface area contributed by atoms with Crippen LogP contribution in [0.15, 0.2) is 0 Å². The van der Waals surface area contributed by atoms with Crippen molar-refractivity contribution in [2.45, 2.75) is 44.4 Å². The van der Waals surface area contributed by atoms with E-state index in [4.69, 9.17) is 5.11 Å². The third-order valence-electron chi connectivity index (χ3n) is 4.20. The number of rotatable bonds is 3. The number of hydrogen-bond acceptors (Lipinski definition) is 2. The minimum atomic E-state index is -2.57. The summed E-state index contributed by atoms with van der Waals surface area (Å²) in [6.45, 7) is 1.56. The number of nitrogens with zero attached hydrogens (tertiary/aromatic N) is 1. The van der Waals surface area contributed by atoms with Crippen LogP contribution in [-0.4, -0.2) is 41.5 Å². The monoisotopic (exact) mass is 261 g/mol. The second-order valence-corrected chi connectivity index (χ2v) is 5.58. The van der Waals surface area contributed by atoms with Crippen LogP contribution in [0, 0.1) is 11.8 Å². The number of likely N-dealkylation sites (tertiary alicyclic amines) is 1. The Bertz CT molecular complexity index is 299. The second kappa shape index (κ2) is 5.51. The lowest BCUT2D eigenvalue weighted by Crippen LogP contribution is -2.38. The molecule has 2 aliphatic rings. The molecule has 1 N–H and O–H groups in total. The summed E-state index contributed by atoms with van der Waals surface area (Å²) in [6, 6.07) is 0. The molecule has 0 aromatic carbocycles. The van der Waals surface area contributed by atoms with Crippen LogP contribution in [0.3, 0.4) is 0 Å². The molecule has 1 aliphatic heterocycles. The van der Waals surface area contributed by atoms with Gasteiger partial charge < -0.3 is 10.0 Å². The van der Waals surface area contributed by atoms with Crippen LogP contribution in [0.1, 0.15) is 38.5 Å². The molecule has 0 aromatic heterocycles.